The number of anilines is 1. The number of para-hydroxylation sites is 1. The van der Waals surface area contributed by atoms with Crippen molar-refractivity contribution >= 4 is 15.7 Å². The molecule has 1 N–H and O–H groups in total. The number of rotatable bonds is 5. The Morgan fingerprint density at radius 3 is 2.41 bits per heavy atom. The van der Waals surface area contributed by atoms with Gasteiger partial charge in [-0.1, -0.05) is 19.1 Å². The first kappa shape index (κ1) is 14.0. The van der Waals surface area contributed by atoms with E-state index >= 15 is 0 Å². The third kappa shape index (κ3) is 3.20. The molecule has 0 aliphatic rings. The number of nitrogens with one attached hydrogen (secondary N) is 1. The predicted molar refractivity (Wildman–Crippen MR) is 70.7 cm³/mol. The van der Waals surface area contributed by atoms with Crippen molar-refractivity contribution in [1.82, 2.24) is 4.31 Å². The van der Waals surface area contributed by atoms with Gasteiger partial charge in [0, 0.05) is 20.1 Å². The molecule has 96 valence electrons. The molecule has 0 spiro atoms. The molecular weight excluding hydrogens is 236 g/mol. The highest BCUT2D eigenvalue weighted by atomic mass is 32.2. The van der Waals surface area contributed by atoms with E-state index in [9.17, 15) is 8.42 Å². The summed E-state index contributed by atoms with van der Waals surface area (Å²) in [6, 6.07) is 7.23. The molecule has 0 fully saturated rings. The fraction of sp³-hybridized carbons (Fsp3) is 0.500. The number of sulfonamides is 1. The minimum Gasteiger partial charge on any atom is -0.382 e. The van der Waals surface area contributed by atoms with Gasteiger partial charge in [0.05, 0.1) is 5.69 Å². The van der Waals surface area contributed by atoms with E-state index in [2.05, 4.69) is 12.2 Å². The molecule has 1 aromatic carbocycles. The summed E-state index contributed by atoms with van der Waals surface area (Å²) < 4.78 is 25.4. The van der Waals surface area contributed by atoms with Gasteiger partial charge in [0.1, 0.15) is 4.90 Å². The largest absolute Gasteiger partial charge is 0.382 e. The summed E-state index contributed by atoms with van der Waals surface area (Å²) in [7, 11) is -0.316. The van der Waals surface area contributed by atoms with Crippen molar-refractivity contribution in [3.05, 3.63) is 24.3 Å². The van der Waals surface area contributed by atoms with Crippen molar-refractivity contribution in [2.75, 3.05) is 19.4 Å². The van der Waals surface area contributed by atoms with Crippen molar-refractivity contribution in [2.24, 2.45) is 0 Å². The van der Waals surface area contributed by atoms with Crippen molar-refractivity contribution in [2.45, 2.75) is 31.2 Å². The molecular formula is C12H20N2O2S. The highest BCUT2D eigenvalue weighted by molar-refractivity contribution is 7.89. The Bertz CT molecular complexity index is 469. The third-order valence-corrected chi connectivity index (χ3v) is 4.53. The van der Waals surface area contributed by atoms with Gasteiger partial charge in [-0.2, -0.15) is 0 Å². The van der Waals surface area contributed by atoms with E-state index in [1.54, 1.807) is 18.2 Å². The van der Waals surface area contributed by atoms with Gasteiger partial charge in [0.25, 0.3) is 0 Å². The third-order valence-electron chi connectivity index (χ3n) is 2.66. The van der Waals surface area contributed by atoms with Crippen molar-refractivity contribution in [1.29, 1.82) is 0 Å². The van der Waals surface area contributed by atoms with Gasteiger partial charge in [-0.15, -0.1) is 0 Å². The van der Waals surface area contributed by atoms with E-state index in [1.165, 1.54) is 18.4 Å². The van der Waals surface area contributed by atoms with Crippen LogP contribution < -0.4 is 5.32 Å². The average Bonchev–Trinajstić information content (AvgIpc) is 2.29. The molecule has 0 aromatic heterocycles. The standard InChI is InChI=1S/C12H20N2O2S/c1-5-10(2)13-11-8-6-7-9-12(11)17(15,16)14(3)4/h6-10,13H,5H2,1-4H3. The Morgan fingerprint density at radius 2 is 1.88 bits per heavy atom. The fourth-order valence-corrected chi connectivity index (χ4v) is 2.42. The first-order chi connectivity index (χ1) is 7.89. The van der Waals surface area contributed by atoms with Crippen molar-refractivity contribution in [3.8, 4) is 0 Å². The van der Waals surface area contributed by atoms with Gasteiger partial charge in [-0.25, -0.2) is 12.7 Å². The summed E-state index contributed by atoms with van der Waals surface area (Å²) >= 11 is 0. The Balaban J connectivity index is 3.17. The number of hydrogen-bond acceptors (Lipinski definition) is 3. The molecule has 5 heteroatoms. The first-order valence-electron chi connectivity index (χ1n) is 5.67. The molecule has 0 aliphatic carbocycles. The molecule has 0 saturated heterocycles. The maximum absolute atomic E-state index is 12.1. The first-order valence-corrected chi connectivity index (χ1v) is 7.11. The SMILES string of the molecule is CCC(C)Nc1ccccc1S(=O)(=O)N(C)C. The van der Waals surface area contributed by atoms with Crippen LogP contribution in [-0.4, -0.2) is 32.9 Å². The second-order valence-corrected chi connectivity index (χ2v) is 6.36. The summed E-state index contributed by atoms with van der Waals surface area (Å²) in [6.07, 6.45) is 0.941. The Labute approximate surface area is 104 Å². The molecule has 1 atom stereocenters. The maximum atomic E-state index is 12.1. The lowest BCUT2D eigenvalue weighted by atomic mass is 10.2. The lowest BCUT2D eigenvalue weighted by Crippen LogP contribution is -2.24. The summed E-state index contributed by atoms with van der Waals surface area (Å²) in [4.78, 5) is 0.324. The zero-order chi connectivity index (χ0) is 13.1. The van der Waals surface area contributed by atoms with Crippen LogP contribution in [0.15, 0.2) is 29.2 Å². The molecule has 1 aromatic rings. The van der Waals surface area contributed by atoms with Crippen molar-refractivity contribution < 1.29 is 8.42 Å². The van der Waals surface area contributed by atoms with E-state index in [0.29, 0.717) is 10.6 Å². The smallest absolute Gasteiger partial charge is 0.244 e. The lowest BCUT2D eigenvalue weighted by molar-refractivity contribution is 0.521. The Kier molecular flexibility index (Phi) is 4.54. The van der Waals surface area contributed by atoms with Crippen LogP contribution in [0.1, 0.15) is 20.3 Å². The Hall–Kier alpha value is -1.07. The molecule has 0 amide bonds. The molecule has 0 heterocycles. The van der Waals surface area contributed by atoms with Gasteiger partial charge >= 0.3 is 0 Å². The molecule has 1 unspecified atom stereocenters. The molecule has 17 heavy (non-hydrogen) atoms. The van der Waals surface area contributed by atoms with Gasteiger partial charge in [-0.05, 0) is 25.5 Å². The van der Waals surface area contributed by atoms with Crippen molar-refractivity contribution in [3.63, 3.8) is 0 Å². The second kappa shape index (κ2) is 5.51. The van der Waals surface area contributed by atoms with E-state index in [1.807, 2.05) is 13.0 Å². The summed E-state index contributed by atoms with van der Waals surface area (Å²) in [5.74, 6) is 0. The van der Waals surface area contributed by atoms with Gasteiger partial charge in [-0.3, -0.25) is 0 Å². The fourth-order valence-electron chi connectivity index (χ4n) is 1.38. The van der Waals surface area contributed by atoms with Crippen LogP contribution in [-0.2, 0) is 10.0 Å². The highest BCUT2D eigenvalue weighted by Crippen LogP contribution is 2.23. The minimum atomic E-state index is -3.39. The molecule has 0 bridgehead atoms. The monoisotopic (exact) mass is 256 g/mol. The summed E-state index contributed by atoms with van der Waals surface area (Å²) in [5, 5.41) is 3.22. The van der Waals surface area contributed by atoms with E-state index < -0.39 is 10.0 Å². The van der Waals surface area contributed by atoms with Crippen LogP contribution in [0.25, 0.3) is 0 Å². The van der Waals surface area contributed by atoms with Crippen LogP contribution in [0.4, 0.5) is 5.69 Å². The van der Waals surface area contributed by atoms with Gasteiger partial charge in [0.15, 0.2) is 0 Å². The minimum absolute atomic E-state index is 0.244. The lowest BCUT2D eigenvalue weighted by Gasteiger charge is -2.19. The molecule has 0 saturated carbocycles. The molecule has 0 radical (unpaired) electrons. The van der Waals surface area contributed by atoms with Crippen LogP contribution in [0, 0.1) is 0 Å². The molecule has 0 aliphatic heterocycles. The van der Waals surface area contributed by atoms with Crippen LogP contribution in [0.3, 0.4) is 0 Å². The topological polar surface area (TPSA) is 49.4 Å². The number of benzene rings is 1. The number of hydrogen-bond donors (Lipinski definition) is 1. The zero-order valence-corrected chi connectivity index (χ0v) is 11.6. The van der Waals surface area contributed by atoms with Crippen LogP contribution in [0.2, 0.25) is 0 Å². The highest BCUT2D eigenvalue weighted by Gasteiger charge is 2.21. The van der Waals surface area contributed by atoms with E-state index in [-0.39, 0.29) is 6.04 Å². The number of nitrogens with zero attached hydrogens (tertiary/aromatic N) is 1. The quantitative estimate of drug-likeness (QED) is 0.878. The van der Waals surface area contributed by atoms with E-state index in [4.69, 9.17) is 0 Å². The normalized spacial score (nSPS) is 13.7. The zero-order valence-electron chi connectivity index (χ0n) is 10.8. The summed E-state index contributed by atoms with van der Waals surface area (Å²) in [6.45, 7) is 4.08. The summed E-state index contributed by atoms with van der Waals surface area (Å²) in [5.41, 5.74) is 0.663. The second-order valence-electron chi connectivity index (χ2n) is 4.24. The molecule has 1 rings (SSSR count). The Morgan fingerprint density at radius 1 is 1.29 bits per heavy atom. The van der Waals surface area contributed by atoms with Crippen LogP contribution in [0.5, 0.6) is 0 Å². The maximum Gasteiger partial charge on any atom is 0.244 e. The van der Waals surface area contributed by atoms with Gasteiger partial charge in [0.2, 0.25) is 10.0 Å². The van der Waals surface area contributed by atoms with E-state index in [0.717, 1.165) is 6.42 Å². The molecule has 4 nitrogen and oxygen atoms in total. The predicted octanol–water partition coefficient (Wildman–Crippen LogP) is 2.15. The average molecular weight is 256 g/mol. The van der Waals surface area contributed by atoms with Crippen LogP contribution >= 0.6 is 0 Å². The van der Waals surface area contributed by atoms with Gasteiger partial charge < -0.3 is 5.32 Å².